The quantitative estimate of drug-likeness (QED) is 0.907. The molecule has 0 aromatic carbocycles. The molecule has 0 aliphatic heterocycles. The van der Waals surface area contributed by atoms with Crippen LogP contribution in [0, 0.1) is 6.92 Å². The lowest BCUT2D eigenvalue weighted by atomic mass is 10.5. The Morgan fingerprint density at radius 3 is 3.00 bits per heavy atom. The summed E-state index contributed by atoms with van der Waals surface area (Å²) in [6.45, 7) is 4.63. The van der Waals surface area contributed by atoms with Crippen LogP contribution in [0.25, 0.3) is 0 Å². The highest BCUT2D eigenvalue weighted by Crippen LogP contribution is 2.26. The van der Waals surface area contributed by atoms with Gasteiger partial charge in [0.2, 0.25) is 17.7 Å². The first-order chi connectivity index (χ1) is 8.19. The van der Waals surface area contributed by atoms with Gasteiger partial charge < -0.3 is 10.1 Å². The Labute approximate surface area is 107 Å². The minimum Gasteiger partial charge on any atom is -0.418 e. The Hall–Kier alpha value is -1.63. The van der Waals surface area contributed by atoms with E-state index < -0.39 is 0 Å². The molecule has 17 heavy (non-hydrogen) atoms. The van der Waals surface area contributed by atoms with Crippen LogP contribution in [0.5, 0.6) is 11.8 Å². The van der Waals surface area contributed by atoms with Gasteiger partial charge in [0.25, 0.3) is 0 Å². The fourth-order valence-electron chi connectivity index (χ4n) is 1.21. The van der Waals surface area contributed by atoms with Crippen molar-refractivity contribution >= 4 is 21.9 Å². The highest BCUT2D eigenvalue weighted by molar-refractivity contribution is 9.10. The summed E-state index contributed by atoms with van der Waals surface area (Å²) >= 11 is 3.33. The summed E-state index contributed by atoms with van der Waals surface area (Å²) in [5, 5.41) is 9.79. The normalized spacial score (nSPS) is 10.3. The van der Waals surface area contributed by atoms with Crippen LogP contribution < -0.4 is 10.1 Å². The maximum atomic E-state index is 5.54. The zero-order chi connectivity index (χ0) is 12.3. The third kappa shape index (κ3) is 2.94. The van der Waals surface area contributed by atoms with Crippen LogP contribution in [0.3, 0.4) is 0 Å². The summed E-state index contributed by atoms with van der Waals surface area (Å²) in [5.74, 6) is 1.43. The Morgan fingerprint density at radius 2 is 2.35 bits per heavy atom. The van der Waals surface area contributed by atoms with Crippen molar-refractivity contribution in [3.8, 4) is 11.8 Å². The van der Waals surface area contributed by atoms with Crippen molar-refractivity contribution < 1.29 is 4.74 Å². The summed E-state index contributed by atoms with van der Waals surface area (Å²) in [6, 6.07) is 1.79. The summed E-state index contributed by atoms with van der Waals surface area (Å²) in [6.07, 6.45) is 1.64. The number of nitrogens with zero attached hydrogens (tertiary/aromatic N) is 3. The van der Waals surface area contributed by atoms with Gasteiger partial charge in [-0.15, -0.1) is 5.10 Å². The number of hydrogen-bond acceptors (Lipinski definition) is 5. The monoisotopic (exact) mass is 297 g/mol. The summed E-state index contributed by atoms with van der Waals surface area (Å²) in [7, 11) is 0. The standard InChI is InChI=1S/C10H12BrN5O/c1-3-12-10-13-5-7(11)9(14-10)17-8-4-6(2)15-16-8/h4-5H,3H2,1-2H3,(H,15,16)(H,12,13,14). The van der Waals surface area contributed by atoms with Crippen LogP contribution in [0.1, 0.15) is 12.6 Å². The molecule has 90 valence electrons. The molecule has 0 bridgehead atoms. The van der Waals surface area contributed by atoms with Crippen molar-refractivity contribution in [3.05, 3.63) is 22.4 Å². The van der Waals surface area contributed by atoms with E-state index in [4.69, 9.17) is 4.74 Å². The van der Waals surface area contributed by atoms with Gasteiger partial charge in [0.15, 0.2) is 0 Å². The second kappa shape index (κ2) is 5.13. The third-order valence-corrected chi connectivity index (χ3v) is 2.47. The maximum Gasteiger partial charge on any atom is 0.240 e. The second-order valence-electron chi connectivity index (χ2n) is 3.37. The smallest absolute Gasteiger partial charge is 0.240 e. The average Bonchev–Trinajstić information content (AvgIpc) is 2.69. The molecule has 0 atom stereocenters. The van der Waals surface area contributed by atoms with Gasteiger partial charge in [0.05, 0.1) is 10.7 Å². The van der Waals surface area contributed by atoms with Gasteiger partial charge >= 0.3 is 0 Å². The van der Waals surface area contributed by atoms with Crippen molar-refractivity contribution in [3.63, 3.8) is 0 Å². The topological polar surface area (TPSA) is 75.7 Å². The van der Waals surface area contributed by atoms with Crippen LogP contribution in [0.2, 0.25) is 0 Å². The molecule has 0 saturated heterocycles. The fraction of sp³-hybridized carbons (Fsp3) is 0.300. The number of aromatic amines is 1. The number of hydrogen-bond donors (Lipinski definition) is 2. The van der Waals surface area contributed by atoms with Crippen molar-refractivity contribution in [2.75, 3.05) is 11.9 Å². The molecule has 7 heteroatoms. The lowest BCUT2D eigenvalue weighted by molar-refractivity contribution is 0.440. The molecule has 0 unspecified atom stereocenters. The van der Waals surface area contributed by atoms with Crippen LogP contribution in [0.4, 0.5) is 5.95 Å². The van der Waals surface area contributed by atoms with Gasteiger partial charge in [0.1, 0.15) is 0 Å². The molecule has 0 amide bonds. The molecule has 2 heterocycles. The third-order valence-electron chi connectivity index (χ3n) is 1.93. The van der Waals surface area contributed by atoms with Crippen LogP contribution >= 0.6 is 15.9 Å². The number of aryl methyl sites for hydroxylation is 1. The molecule has 0 radical (unpaired) electrons. The van der Waals surface area contributed by atoms with Gasteiger partial charge in [0, 0.05) is 18.3 Å². The van der Waals surface area contributed by atoms with E-state index in [1.165, 1.54) is 0 Å². The highest BCUT2D eigenvalue weighted by Gasteiger charge is 2.08. The lowest BCUT2D eigenvalue weighted by Gasteiger charge is -2.06. The van der Waals surface area contributed by atoms with E-state index in [2.05, 4.69) is 41.4 Å². The van der Waals surface area contributed by atoms with E-state index in [-0.39, 0.29) is 0 Å². The number of nitrogens with one attached hydrogen (secondary N) is 2. The van der Waals surface area contributed by atoms with Gasteiger partial charge in [-0.05, 0) is 29.8 Å². The lowest BCUT2D eigenvalue weighted by Crippen LogP contribution is -2.03. The molecule has 2 aromatic heterocycles. The first-order valence-electron chi connectivity index (χ1n) is 5.15. The van der Waals surface area contributed by atoms with Crippen LogP contribution in [-0.4, -0.2) is 26.7 Å². The largest absolute Gasteiger partial charge is 0.418 e. The molecular formula is C10H12BrN5O. The number of H-pyrrole nitrogens is 1. The van der Waals surface area contributed by atoms with E-state index in [0.717, 1.165) is 12.2 Å². The minimum absolute atomic E-state index is 0.433. The SMILES string of the molecule is CCNc1ncc(Br)c(Oc2cc(C)[nH]n2)n1. The van der Waals surface area contributed by atoms with E-state index >= 15 is 0 Å². The van der Waals surface area contributed by atoms with E-state index in [1.807, 2.05) is 13.8 Å². The molecular weight excluding hydrogens is 286 g/mol. The van der Waals surface area contributed by atoms with Gasteiger partial charge in [-0.3, -0.25) is 5.10 Å². The van der Waals surface area contributed by atoms with Crippen LogP contribution in [0.15, 0.2) is 16.7 Å². The molecule has 6 nitrogen and oxygen atoms in total. The summed E-state index contributed by atoms with van der Waals surface area (Å²) < 4.78 is 6.22. The Kier molecular flexibility index (Phi) is 3.58. The predicted octanol–water partition coefficient (Wildman–Crippen LogP) is 2.49. The van der Waals surface area contributed by atoms with E-state index in [0.29, 0.717) is 22.2 Å². The molecule has 0 spiro atoms. The molecule has 2 aromatic rings. The van der Waals surface area contributed by atoms with E-state index in [1.54, 1.807) is 12.3 Å². The zero-order valence-electron chi connectivity index (χ0n) is 9.49. The summed E-state index contributed by atoms with van der Waals surface area (Å²) in [5.41, 5.74) is 0.928. The Balaban J connectivity index is 2.22. The first-order valence-corrected chi connectivity index (χ1v) is 5.94. The number of anilines is 1. The predicted molar refractivity (Wildman–Crippen MR) is 67.3 cm³/mol. The molecule has 0 aliphatic carbocycles. The van der Waals surface area contributed by atoms with Crippen molar-refractivity contribution in [2.24, 2.45) is 0 Å². The van der Waals surface area contributed by atoms with Gasteiger partial charge in [-0.25, -0.2) is 4.98 Å². The van der Waals surface area contributed by atoms with Gasteiger partial charge in [-0.2, -0.15) is 4.98 Å². The van der Waals surface area contributed by atoms with Crippen LogP contribution in [-0.2, 0) is 0 Å². The minimum atomic E-state index is 0.433. The first kappa shape index (κ1) is 11.8. The number of rotatable bonds is 4. The molecule has 0 fully saturated rings. The fourth-order valence-corrected chi connectivity index (χ4v) is 1.48. The zero-order valence-corrected chi connectivity index (χ0v) is 11.1. The van der Waals surface area contributed by atoms with Crippen molar-refractivity contribution in [2.45, 2.75) is 13.8 Å². The van der Waals surface area contributed by atoms with Crippen molar-refractivity contribution in [1.29, 1.82) is 0 Å². The maximum absolute atomic E-state index is 5.54. The van der Waals surface area contributed by atoms with Crippen molar-refractivity contribution in [1.82, 2.24) is 20.2 Å². The molecule has 2 rings (SSSR count). The molecule has 0 aliphatic rings. The average molecular weight is 298 g/mol. The highest BCUT2D eigenvalue weighted by atomic mass is 79.9. The Morgan fingerprint density at radius 1 is 1.53 bits per heavy atom. The molecule has 0 saturated carbocycles. The molecule has 2 N–H and O–H groups in total. The Bertz CT molecular complexity index is 513. The number of ether oxygens (including phenoxy) is 1. The summed E-state index contributed by atoms with van der Waals surface area (Å²) in [4.78, 5) is 8.32. The second-order valence-corrected chi connectivity index (χ2v) is 4.22. The van der Waals surface area contributed by atoms with E-state index in [9.17, 15) is 0 Å². The number of halogens is 1. The number of aromatic nitrogens is 4. The van der Waals surface area contributed by atoms with Gasteiger partial charge in [-0.1, -0.05) is 0 Å².